The highest BCUT2D eigenvalue weighted by Crippen LogP contribution is 2.49. The van der Waals surface area contributed by atoms with Gasteiger partial charge in [-0.3, -0.25) is 4.98 Å². The van der Waals surface area contributed by atoms with Gasteiger partial charge < -0.3 is 4.74 Å². The summed E-state index contributed by atoms with van der Waals surface area (Å²) in [5.74, 6) is 1.79. The fourth-order valence-electron chi connectivity index (χ4n) is 4.04. The van der Waals surface area contributed by atoms with E-state index >= 15 is 0 Å². The van der Waals surface area contributed by atoms with Gasteiger partial charge in [0.05, 0.1) is 11.1 Å². The van der Waals surface area contributed by atoms with E-state index in [0.29, 0.717) is 0 Å². The normalized spacial score (nSPS) is 12.9. The fraction of sp³-hybridized carbons (Fsp3) is 0.208. The summed E-state index contributed by atoms with van der Waals surface area (Å²) in [6.07, 6.45) is 2.00. The highest BCUT2D eigenvalue weighted by molar-refractivity contribution is 6.07. The first-order valence-corrected chi connectivity index (χ1v) is 9.07. The summed E-state index contributed by atoms with van der Waals surface area (Å²) in [5, 5.41) is 4.81. The highest BCUT2D eigenvalue weighted by Gasteiger charge is 2.27. The van der Waals surface area contributed by atoms with E-state index in [4.69, 9.17) is 9.72 Å². The lowest BCUT2D eigenvalue weighted by Crippen LogP contribution is -2.13. The smallest absolute Gasteiger partial charge is 0.137 e. The van der Waals surface area contributed by atoms with Gasteiger partial charge >= 0.3 is 0 Å². The van der Waals surface area contributed by atoms with Crippen LogP contribution in [0.2, 0.25) is 0 Å². The zero-order valence-electron chi connectivity index (χ0n) is 15.6. The van der Waals surface area contributed by atoms with Gasteiger partial charge in [0.2, 0.25) is 0 Å². The van der Waals surface area contributed by atoms with Crippen molar-refractivity contribution in [2.75, 3.05) is 0 Å². The van der Waals surface area contributed by atoms with Crippen LogP contribution < -0.4 is 4.74 Å². The molecule has 26 heavy (non-hydrogen) atoms. The van der Waals surface area contributed by atoms with Gasteiger partial charge in [0.25, 0.3) is 0 Å². The van der Waals surface area contributed by atoms with Crippen molar-refractivity contribution >= 4 is 21.5 Å². The second-order valence-electron chi connectivity index (χ2n) is 8.20. The topological polar surface area (TPSA) is 22.1 Å². The number of rotatable bonds is 0. The standard InChI is InChI=1S/C24H21NO/c1-14-13-25-23-17-11-15-7-5-6-8-16(15)12-20(17)26-19-10-9-18(24(2,3)4)21(14)22(19)23/h5-13H,1-4H3. The van der Waals surface area contributed by atoms with E-state index in [1.807, 2.05) is 6.20 Å². The molecule has 2 nitrogen and oxygen atoms in total. The summed E-state index contributed by atoms with van der Waals surface area (Å²) in [6, 6.07) is 17.0. The molecule has 1 aliphatic heterocycles. The van der Waals surface area contributed by atoms with Crippen molar-refractivity contribution in [3.05, 3.63) is 65.9 Å². The molecular weight excluding hydrogens is 318 g/mol. The molecule has 5 rings (SSSR count). The molecule has 0 radical (unpaired) electrons. The Morgan fingerprint density at radius 2 is 1.58 bits per heavy atom. The number of fused-ring (bicyclic) bond motifs is 3. The predicted octanol–water partition coefficient (Wildman–Crippen LogP) is 6.77. The first kappa shape index (κ1) is 15.4. The van der Waals surface area contributed by atoms with Gasteiger partial charge in [-0.15, -0.1) is 0 Å². The number of aromatic nitrogens is 1. The summed E-state index contributed by atoms with van der Waals surface area (Å²) in [7, 11) is 0. The molecule has 0 saturated heterocycles. The Labute approximate surface area is 153 Å². The van der Waals surface area contributed by atoms with Crippen LogP contribution in [0, 0.1) is 6.92 Å². The minimum Gasteiger partial charge on any atom is -0.456 e. The molecule has 0 unspecified atom stereocenters. The number of aryl methyl sites for hydroxylation is 1. The van der Waals surface area contributed by atoms with Crippen LogP contribution in [0.25, 0.3) is 32.8 Å². The van der Waals surface area contributed by atoms with Gasteiger partial charge in [-0.25, -0.2) is 0 Å². The van der Waals surface area contributed by atoms with Crippen LogP contribution in [0.5, 0.6) is 11.5 Å². The van der Waals surface area contributed by atoms with Crippen molar-refractivity contribution in [3.8, 4) is 22.8 Å². The van der Waals surface area contributed by atoms with Gasteiger partial charge in [0, 0.05) is 11.8 Å². The second-order valence-corrected chi connectivity index (χ2v) is 8.20. The van der Waals surface area contributed by atoms with Gasteiger partial charge in [-0.05, 0) is 57.8 Å². The molecule has 1 aromatic heterocycles. The molecule has 0 fully saturated rings. The largest absolute Gasteiger partial charge is 0.456 e. The van der Waals surface area contributed by atoms with Crippen molar-refractivity contribution < 1.29 is 4.74 Å². The zero-order valence-corrected chi connectivity index (χ0v) is 15.6. The maximum atomic E-state index is 6.34. The predicted molar refractivity (Wildman–Crippen MR) is 108 cm³/mol. The zero-order chi connectivity index (χ0) is 18.1. The minimum atomic E-state index is 0.0611. The van der Waals surface area contributed by atoms with Gasteiger partial charge in [-0.2, -0.15) is 0 Å². The first-order valence-electron chi connectivity index (χ1n) is 9.07. The highest BCUT2D eigenvalue weighted by atomic mass is 16.5. The van der Waals surface area contributed by atoms with Crippen LogP contribution in [0.3, 0.4) is 0 Å². The molecule has 128 valence electrons. The Morgan fingerprint density at radius 3 is 2.31 bits per heavy atom. The monoisotopic (exact) mass is 339 g/mol. The third-order valence-electron chi connectivity index (χ3n) is 5.32. The van der Waals surface area contributed by atoms with E-state index in [9.17, 15) is 0 Å². The molecule has 0 amide bonds. The average molecular weight is 339 g/mol. The van der Waals surface area contributed by atoms with Crippen LogP contribution in [0.1, 0.15) is 31.9 Å². The van der Waals surface area contributed by atoms with Crippen molar-refractivity contribution in [2.45, 2.75) is 33.1 Å². The molecule has 0 aliphatic carbocycles. The summed E-state index contributed by atoms with van der Waals surface area (Å²) in [6.45, 7) is 8.92. The number of nitrogens with zero attached hydrogens (tertiary/aromatic N) is 1. The Bertz CT molecular complexity index is 1200. The number of pyridine rings is 1. The van der Waals surface area contributed by atoms with E-state index in [1.54, 1.807) is 0 Å². The summed E-state index contributed by atoms with van der Waals surface area (Å²) in [5.41, 5.74) is 4.70. The molecule has 0 N–H and O–H groups in total. The number of hydrogen-bond donors (Lipinski definition) is 0. The molecule has 2 heteroatoms. The van der Waals surface area contributed by atoms with Gasteiger partial charge in [0.15, 0.2) is 0 Å². The van der Waals surface area contributed by atoms with Crippen molar-refractivity contribution in [1.29, 1.82) is 0 Å². The Morgan fingerprint density at radius 1 is 0.846 bits per heavy atom. The molecule has 0 saturated carbocycles. The van der Waals surface area contributed by atoms with Crippen molar-refractivity contribution in [2.24, 2.45) is 0 Å². The minimum absolute atomic E-state index is 0.0611. The Balaban J connectivity index is 1.92. The van der Waals surface area contributed by atoms with Crippen molar-refractivity contribution in [3.63, 3.8) is 0 Å². The van der Waals surface area contributed by atoms with Crippen LogP contribution in [0.4, 0.5) is 0 Å². The molecule has 0 bridgehead atoms. The fourth-order valence-corrected chi connectivity index (χ4v) is 4.04. The van der Waals surface area contributed by atoms with Gasteiger partial charge in [-0.1, -0.05) is 51.1 Å². The van der Waals surface area contributed by atoms with E-state index < -0.39 is 0 Å². The molecule has 0 atom stereocenters. The van der Waals surface area contributed by atoms with Crippen LogP contribution in [-0.2, 0) is 5.41 Å². The molecular formula is C24H21NO. The van der Waals surface area contributed by atoms with E-state index in [-0.39, 0.29) is 5.41 Å². The molecule has 4 aromatic rings. The average Bonchev–Trinajstić information content (AvgIpc) is 2.61. The quantitative estimate of drug-likeness (QED) is 0.311. The lowest BCUT2D eigenvalue weighted by molar-refractivity contribution is 0.486. The first-order chi connectivity index (χ1) is 12.4. The molecule has 3 aromatic carbocycles. The van der Waals surface area contributed by atoms with Crippen LogP contribution >= 0.6 is 0 Å². The molecule has 1 aliphatic rings. The van der Waals surface area contributed by atoms with Crippen LogP contribution in [0.15, 0.2) is 54.7 Å². The maximum Gasteiger partial charge on any atom is 0.137 e. The van der Waals surface area contributed by atoms with Crippen molar-refractivity contribution in [1.82, 2.24) is 4.98 Å². The molecule has 2 heterocycles. The summed E-state index contributed by atoms with van der Waals surface area (Å²) in [4.78, 5) is 4.83. The number of ether oxygens (including phenoxy) is 1. The lowest BCUT2D eigenvalue weighted by atomic mass is 9.81. The second kappa shape index (κ2) is 5.07. The third kappa shape index (κ3) is 2.08. The SMILES string of the molecule is Cc1cnc2c3c(ccc(C(C)(C)C)c13)Oc1cc3ccccc3cc1-2. The number of hydrogen-bond acceptors (Lipinski definition) is 2. The Hall–Kier alpha value is -2.87. The van der Waals surface area contributed by atoms with E-state index in [2.05, 4.69) is 76.2 Å². The Kier molecular flexibility index (Phi) is 3.00. The summed E-state index contributed by atoms with van der Waals surface area (Å²) < 4.78 is 6.34. The summed E-state index contributed by atoms with van der Waals surface area (Å²) >= 11 is 0. The number of benzene rings is 3. The van der Waals surface area contributed by atoms with Crippen LogP contribution in [-0.4, -0.2) is 4.98 Å². The van der Waals surface area contributed by atoms with E-state index in [0.717, 1.165) is 28.1 Å². The lowest BCUT2D eigenvalue weighted by Gasteiger charge is -2.27. The van der Waals surface area contributed by atoms with E-state index in [1.165, 1.54) is 27.3 Å². The molecule has 0 spiro atoms. The maximum absolute atomic E-state index is 6.34. The van der Waals surface area contributed by atoms with Gasteiger partial charge in [0.1, 0.15) is 11.5 Å². The third-order valence-corrected chi connectivity index (χ3v) is 5.32.